The third kappa shape index (κ3) is 2.80. The number of hydrogen-bond acceptors (Lipinski definition) is 3. The average molecular weight is 331 g/mol. The molecule has 23 heavy (non-hydrogen) atoms. The van der Waals surface area contributed by atoms with Crippen LogP contribution in [0.5, 0.6) is 0 Å². The molecular weight excluding hydrogens is 316 g/mol. The summed E-state index contributed by atoms with van der Waals surface area (Å²) in [6.45, 7) is 2.58. The third-order valence-electron chi connectivity index (χ3n) is 4.25. The van der Waals surface area contributed by atoms with Crippen LogP contribution in [-0.4, -0.2) is 22.3 Å². The molecule has 0 N–H and O–H groups in total. The van der Waals surface area contributed by atoms with E-state index in [1.54, 1.807) is 4.90 Å². The summed E-state index contributed by atoms with van der Waals surface area (Å²) in [6.07, 6.45) is 0.789. The highest BCUT2D eigenvalue weighted by Gasteiger charge is 2.29. The lowest BCUT2D eigenvalue weighted by molar-refractivity contribution is -0.384. The Morgan fingerprint density at radius 2 is 2.04 bits per heavy atom. The summed E-state index contributed by atoms with van der Waals surface area (Å²) in [5, 5.41) is 10.9. The van der Waals surface area contributed by atoms with E-state index in [4.69, 9.17) is 11.6 Å². The van der Waals surface area contributed by atoms with E-state index < -0.39 is 4.92 Å². The second kappa shape index (κ2) is 6.01. The van der Waals surface area contributed by atoms with Crippen LogP contribution in [0.4, 0.5) is 5.69 Å². The Labute approximate surface area is 138 Å². The van der Waals surface area contributed by atoms with E-state index in [2.05, 4.69) is 6.07 Å². The number of nitro groups is 1. The molecule has 0 aromatic heterocycles. The van der Waals surface area contributed by atoms with Crippen molar-refractivity contribution >= 4 is 23.2 Å². The van der Waals surface area contributed by atoms with Crippen molar-refractivity contribution in [3.8, 4) is 0 Å². The number of nitrogens with zero attached hydrogens (tertiary/aromatic N) is 2. The summed E-state index contributed by atoms with van der Waals surface area (Å²) in [7, 11) is 0. The highest BCUT2D eigenvalue weighted by atomic mass is 35.5. The molecule has 3 rings (SSSR count). The Balaban J connectivity index is 1.91. The van der Waals surface area contributed by atoms with Crippen LogP contribution in [-0.2, 0) is 6.42 Å². The predicted molar refractivity (Wildman–Crippen MR) is 87.7 cm³/mol. The first kappa shape index (κ1) is 15.5. The fourth-order valence-corrected chi connectivity index (χ4v) is 3.25. The molecule has 6 heteroatoms. The van der Waals surface area contributed by atoms with Crippen molar-refractivity contribution in [2.45, 2.75) is 19.4 Å². The number of fused-ring (bicyclic) bond motifs is 1. The van der Waals surface area contributed by atoms with Crippen LogP contribution in [0.3, 0.4) is 0 Å². The lowest BCUT2D eigenvalue weighted by Gasteiger charge is -2.35. The second-order valence-electron chi connectivity index (χ2n) is 5.54. The summed E-state index contributed by atoms with van der Waals surface area (Å²) in [4.78, 5) is 24.8. The zero-order valence-electron chi connectivity index (χ0n) is 12.5. The fourth-order valence-electron chi connectivity index (χ4n) is 3.00. The number of halogens is 1. The van der Waals surface area contributed by atoms with Gasteiger partial charge in [0.05, 0.1) is 21.6 Å². The van der Waals surface area contributed by atoms with Gasteiger partial charge >= 0.3 is 0 Å². The van der Waals surface area contributed by atoms with Crippen LogP contribution in [0.15, 0.2) is 42.5 Å². The van der Waals surface area contributed by atoms with Crippen molar-refractivity contribution in [1.29, 1.82) is 0 Å². The van der Waals surface area contributed by atoms with E-state index >= 15 is 0 Å². The van der Waals surface area contributed by atoms with Gasteiger partial charge in [-0.05, 0) is 30.5 Å². The Morgan fingerprint density at radius 3 is 2.74 bits per heavy atom. The maximum Gasteiger partial charge on any atom is 0.270 e. The third-order valence-corrected chi connectivity index (χ3v) is 4.56. The van der Waals surface area contributed by atoms with Crippen LogP contribution in [0.2, 0.25) is 5.02 Å². The number of carbonyl (C=O) groups is 1. The van der Waals surface area contributed by atoms with Crippen LogP contribution in [0.1, 0.15) is 34.5 Å². The van der Waals surface area contributed by atoms with Crippen molar-refractivity contribution in [3.63, 3.8) is 0 Å². The molecule has 0 spiro atoms. The van der Waals surface area contributed by atoms with Gasteiger partial charge in [0.15, 0.2) is 0 Å². The zero-order valence-corrected chi connectivity index (χ0v) is 13.3. The van der Waals surface area contributed by atoms with E-state index in [9.17, 15) is 14.9 Å². The molecule has 0 radical (unpaired) electrons. The van der Waals surface area contributed by atoms with Crippen LogP contribution in [0.25, 0.3) is 0 Å². The molecule has 5 nitrogen and oxygen atoms in total. The average Bonchev–Trinajstić information content (AvgIpc) is 2.54. The minimum atomic E-state index is -0.528. The second-order valence-corrected chi connectivity index (χ2v) is 5.95. The van der Waals surface area contributed by atoms with E-state index in [-0.39, 0.29) is 22.7 Å². The Bertz CT molecular complexity index is 791. The van der Waals surface area contributed by atoms with Gasteiger partial charge in [0, 0.05) is 18.7 Å². The number of carbonyl (C=O) groups excluding carboxylic acids is 1. The highest BCUT2D eigenvalue weighted by Crippen LogP contribution is 2.32. The number of benzene rings is 2. The molecule has 1 aliphatic heterocycles. The van der Waals surface area contributed by atoms with E-state index in [0.717, 1.165) is 12.0 Å². The number of amides is 1. The van der Waals surface area contributed by atoms with Crippen molar-refractivity contribution < 1.29 is 9.72 Å². The molecular formula is C17H15ClN2O3. The molecule has 1 heterocycles. The summed E-state index contributed by atoms with van der Waals surface area (Å²) in [5.41, 5.74) is 2.55. The van der Waals surface area contributed by atoms with Gasteiger partial charge in [-0.2, -0.15) is 0 Å². The van der Waals surface area contributed by atoms with Gasteiger partial charge in [-0.15, -0.1) is 0 Å². The maximum absolute atomic E-state index is 12.8. The first-order chi connectivity index (χ1) is 11.0. The largest absolute Gasteiger partial charge is 0.331 e. The van der Waals surface area contributed by atoms with Gasteiger partial charge in [0.1, 0.15) is 0 Å². The first-order valence-electron chi connectivity index (χ1n) is 7.31. The molecule has 1 atom stereocenters. The van der Waals surface area contributed by atoms with Crippen molar-refractivity contribution in [2.75, 3.05) is 6.54 Å². The Kier molecular flexibility index (Phi) is 4.05. The van der Waals surface area contributed by atoms with Crippen molar-refractivity contribution in [2.24, 2.45) is 0 Å². The zero-order chi connectivity index (χ0) is 16.6. The normalized spacial score (nSPS) is 16.8. The molecule has 0 saturated carbocycles. The predicted octanol–water partition coefficient (Wildman–Crippen LogP) is 4.01. The highest BCUT2D eigenvalue weighted by molar-refractivity contribution is 6.34. The monoisotopic (exact) mass is 330 g/mol. The number of hydrogen-bond donors (Lipinski definition) is 0. The molecule has 118 valence electrons. The maximum atomic E-state index is 12.8. The lowest BCUT2D eigenvalue weighted by Crippen LogP contribution is -2.38. The van der Waals surface area contributed by atoms with E-state index in [0.29, 0.717) is 12.1 Å². The lowest BCUT2D eigenvalue weighted by atomic mass is 9.93. The molecule has 2 aromatic rings. The Morgan fingerprint density at radius 1 is 1.30 bits per heavy atom. The molecule has 0 aliphatic carbocycles. The van der Waals surface area contributed by atoms with Crippen molar-refractivity contribution in [1.82, 2.24) is 4.90 Å². The number of nitro benzene ring substituents is 1. The molecule has 1 unspecified atom stereocenters. The summed E-state index contributed by atoms with van der Waals surface area (Å²) >= 11 is 6.08. The molecule has 0 fully saturated rings. The minimum absolute atomic E-state index is 0.0568. The van der Waals surface area contributed by atoms with E-state index in [1.807, 2.05) is 25.1 Å². The van der Waals surface area contributed by atoms with Gasteiger partial charge < -0.3 is 4.90 Å². The molecule has 0 bridgehead atoms. The first-order valence-corrected chi connectivity index (χ1v) is 7.69. The summed E-state index contributed by atoms with van der Waals surface area (Å²) in [6, 6.07) is 12.0. The quantitative estimate of drug-likeness (QED) is 0.617. The number of rotatable bonds is 2. The molecule has 1 amide bonds. The fraction of sp³-hybridized carbons (Fsp3) is 0.235. The molecule has 1 aliphatic rings. The van der Waals surface area contributed by atoms with Gasteiger partial charge in [-0.25, -0.2) is 0 Å². The van der Waals surface area contributed by atoms with E-state index in [1.165, 1.54) is 23.8 Å². The molecule has 0 saturated heterocycles. The number of non-ortho nitro benzene ring substituents is 1. The van der Waals surface area contributed by atoms with Gasteiger partial charge in [0.25, 0.3) is 11.6 Å². The SMILES string of the molecule is CC1c2ccccc2CCN1C(=O)c1ccc([N+](=O)[O-])cc1Cl. The van der Waals surface area contributed by atoms with Crippen LogP contribution < -0.4 is 0 Å². The summed E-state index contributed by atoms with van der Waals surface area (Å²) in [5.74, 6) is -0.202. The van der Waals surface area contributed by atoms with Gasteiger partial charge in [-0.1, -0.05) is 35.9 Å². The van der Waals surface area contributed by atoms with Crippen LogP contribution >= 0.6 is 11.6 Å². The Hall–Kier alpha value is -2.40. The standard InChI is InChI=1S/C17H15ClN2O3/c1-11-14-5-3-2-4-12(14)8-9-19(11)17(21)15-7-6-13(20(22)23)10-16(15)18/h2-7,10-11H,8-9H2,1H3. The molecule has 2 aromatic carbocycles. The van der Waals surface area contributed by atoms with Crippen LogP contribution in [0, 0.1) is 10.1 Å². The summed E-state index contributed by atoms with van der Waals surface area (Å²) < 4.78 is 0. The minimum Gasteiger partial charge on any atom is -0.331 e. The topological polar surface area (TPSA) is 63.5 Å². The van der Waals surface area contributed by atoms with Crippen molar-refractivity contribution in [3.05, 3.63) is 74.3 Å². The smallest absolute Gasteiger partial charge is 0.270 e. The van der Waals surface area contributed by atoms with Gasteiger partial charge in [-0.3, -0.25) is 14.9 Å². The van der Waals surface area contributed by atoms with Gasteiger partial charge in [0.2, 0.25) is 0 Å².